The third-order valence-electron chi connectivity index (χ3n) is 13.9. The molecule has 0 bridgehead atoms. The molecular formula is C64H41N3S. The zero-order valence-corrected chi connectivity index (χ0v) is 37.7. The lowest BCUT2D eigenvalue weighted by molar-refractivity contribution is 1.17. The van der Waals surface area contributed by atoms with Crippen molar-refractivity contribution in [2.75, 3.05) is 4.90 Å². The number of thiazole rings is 1. The number of anilines is 3. The molecule has 14 aromatic rings. The maximum Gasteiger partial charge on any atom is 0.109 e. The summed E-state index contributed by atoms with van der Waals surface area (Å²) in [4.78, 5) is 3.68. The molecule has 0 aliphatic carbocycles. The van der Waals surface area contributed by atoms with E-state index in [0.717, 1.165) is 22.7 Å². The summed E-state index contributed by atoms with van der Waals surface area (Å²) in [5, 5.41) is 8.71. The molecule has 0 saturated heterocycles. The highest BCUT2D eigenvalue weighted by Gasteiger charge is 2.20. The van der Waals surface area contributed by atoms with Crippen molar-refractivity contribution < 1.29 is 0 Å². The fourth-order valence-electron chi connectivity index (χ4n) is 10.7. The second-order valence-corrected chi connectivity index (χ2v) is 18.8. The summed E-state index contributed by atoms with van der Waals surface area (Å²) in [5.41, 5.74) is 16.7. The Hall–Kier alpha value is -8.70. The lowest BCUT2D eigenvalue weighted by Crippen LogP contribution is -2.10. The first kappa shape index (κ1) is 38.6. The van der Waals surface area contributed by atoms with Crippen LogP contribution in [0.2, 0.25) is 0 Å². The Morgan fingerprint density at radius 3 is 1.59 bits per heavy atom. The number of aromatic nitrogens is 2. The normalized spacial score (nSPS) is 11.8. The van der Waals surface area contributed by atoms with Crippen LogP contribution in [0.1, 0.15) is 0 Å². The highest BCUT2D eigenvalue weighted by molar-refractivity contribution is 7.24. The first-order chi connectivity index (χ1) is 33.7. The standard InChI is InChI=1S/C64H41N3S/c1-3-14-42(15-4-1)43-28-32-49(33-29-43)65(50-18-13-19-51(41-50)66-58-23-10-7-20-55(58)56-21-8-11-24-59(56)66)52-34-36-54-48(39-52)27-26-47-38-45(30-35-53(47)54)46-31-37-61-62(40-46)68-64-63(44-16-5-2-6-17-44)57-22-9-12-25-60(57)67(61)64/h1-41H. The molecule has 68 heavy (non-hydrogen) atoms. The molecule has 11 aromatic carbocycles. The average Bonchev–Trinajstić information content (AvgIpc) is 4.06. The van der Waals surface area contributed by atoms with Crippen LogP contribution < -0.4 is 4.90 Å². The Morgan fingerprint density at radius 2 is 0.853 bits per heavy atom. The van der Waals surface area contributed by atoms with Gasteiger partial charge in [-0.15, -0.1) is 11.3 Å². The number of fused-ring (bicyclic) bond motifs is 11. The average molecular weight is 884 g/mol. The molecule has 0 atom stereocenters. The van der Waals surface area contributed by atoms with E-state index in [0.29, 0.717) is 0 Å². The van der Waals surface area contributed by atoms with Gasteiger partial charge in [-0.25, -0.2) is 0 Å². The van der Waals surface area contributed by atoms with Crippen molar-refractivity contribution >= 4 is 97.7 Å². The van der Waals surface area contributed by atoms with Crippen LogP contribution >= 0.6 is 11.3 Å². The fraction of sp³-hybridized carbons (Fsp3) is 0. The van der Waals surface area contributed by atoms with Crippen LogP contribution in [-0.2, 0) is 0 Å². The first-order valence-corrected chi connectivity index (χ1v) is 24.1. The van der Waals surface area contributed by atoms with Gasteiger partial charge in [-0.2, -0.15) is 0 Å². The highest BCUT2D eigenvalue weighted by Crippen LogP contribution is 2.44. The Balaban J connectivity index is 0.863. The summed E-state index contributed by atoms with van der Waals surface area (Å²) >= 11 is 1.88. The molecule has 0 saturated carbocycles. The van der Waals surface area contributed by atoms with Crippen molar-refractivity contribution in [1.82, 2.24) is 8.97 Å². The lowest BCUT2D eigenvalue weighted by atomic mass is 9.97. The number of hydrogen-bond acceptors (Lipinski definition) is 2. The van der Waals surface area contributed by atoms with Crippen molar-refractivity contribution in [2.24, 2.45) is 0 Å². The topological polar surface area (TPSA) is 12.6 Å². The lowest BCUT2D eigenvalue weighted by Gasteiger charge is -2.27. The van der Waals surface area contributed by atoms with Gasteiger partial charge in [-0.1, -0.05) is 170 Å². The van der Waals surface area contributed by atoms with Crippen LogP contribution in [0.25, 0.3) is 108 Å². The maximum atomic E-state index is 2.45. The molecule has 0 aliphatic heterocycles. The fourth-order valence-corrected chi connectivity index (χ4v) is 12.0. The molecule has 0 unspecified atom stereocenters. The Labute approximate surface area is 397 Å². The quantitative estimate of drug-likeness (QED) is 0.145. The smallest absolute Gasteiger partial charge is 0.109 e. The molecule has 318 valence electrons. The molecule has 0 spiro atoms. The van der Waals surface area contributed by atoms with E-state index in [9.17, 15) is 0 Å². The molecule has 3 aromatic heterocycles. The Kier molecular flexibility index (Phi) is 8.76. The van der Waals surface area contributed by atoms with Gasteiger partial charge in [0.05, 0.1) is 26.8 Å². The third-order valence-corrected chi connectivity index (χ3v) is 15.0. The molecule has 0 radical (unpaired) electrons. The zero-order valence-electron chi connectivity index (χ0n) is 36.9. The van der Waals surface area contributed by atoms with Gasteiger partial charge in [0.1, 0.15) is 4.83 Å². The van der Waals surface area contributed by atoms with Crippen molar-refractivity contribution in [2.45, 2.75) is 0 Å². The second kappa shape index (κ2) is 15.5. The molecule has 3 heterocycles. The van der Waals surface area contributed by atoms with Gasteiger partial charge < -0.3 is 9.47 Å². The summed E-state index contributed by atoms with van der Waals surface area (Å²) in [7, 11) is 0. The van der Waals surface area contributed by atoms with Crippen molar-refractivity contribution in [3.05, 3.63) is 249 Å². The third kappa shape index (κ3) is 6.12. The van der Waals surface area contributed by atoms with Gasteiger partial charge in [0.15, 0.2) is 0 Å². The molecule has 4 heteroatoms. The second-order valence-electron chi connectivity index (χ2n) is 17.7. The predicted molar refractivity (Wildman–Crippen MR) is 291 cm³/mol. The van der Waals surface area contributed by atoms with Gasteiger partial charge in [0.25, 0.3) is 0 Å². The summed E-state index contributed by atoms with van der Waals surface area (Å²) in [5.74, 6) is 0. The number of benzene rings is 11. The molecule has 14 rings (SSSR count). The van der Waals surface area contributed by atoms with Crippen LogP contribution in [0.5, 0.6) is 0 Å². The van der Waals surface area contributed by atoms with Crippen LogP contribution in [0.3, 0.4) is 0 Å². The van der Waals surface area contributed by atoms with E-state index in [1.54, 1.807) is 0 Å². The first-order valence-electron chi connectivity index (χ1n) is 23.2. The number of rotatable bonds is 7. The Morgan fingerprint density at radius 1 is 0.309 bits per heavy atom. The molecule has 3 nitrogen and oxygen atoms in total. The minimum Gasteiger partial charge on any atom is -0.310 e. The zero-order chi connectivity index (χ0) is 44.7. The van der Waals surface area contributed by atoms with E-state index < -0.39 is 0 Å². The van der Waals surface area contributed by atoms with E-state index in [1.165, 1.54) is 103 Å². The van der Waals surface area contributed by atoms with Gasteiger partial charge in [0, 0.05) is 44.5 Å². The van der Waals surface area contributed by atoms with E-state index in [4.69, 9.17) is 0 Å². The number of para-hydroxylation sites is 3. The van der Waals surface area contributed by atoms with E-state index in [-0.39, 0.29) is 0 Å². The number of hydrogen-bond donors (Lipinski definition) is 0. The molecule has 0 aliphatic rings. The monoisotopic (exact) mass is 883 g/mol. The molecular weight excluding hydrogens is 843 g/mol. The molecule has 0 N–H and O–H groups in total. The van der Waals surface area contributed by atoms with Crippen molar-refractivity contribution in [3.8, 4) is 39.1 Å². The van der Waals surface area contributed by atoms with Crippen molar-refractivity contribution in [3.63, 3.8) is 0 Å². The summed E-state index contributed by atoms with van der Waals surface area (Å²) in [6, 6.07) is 91.1. The minimum absolute atomic E-state index is 1.09. The Bertz CT molecular complexity index is 4200. The van der Waals surface area contributed by atoms with E-state index in [2.05, 4.69) is 263 Å². The van der Waals surface area contributed by atoms with E-state index >= 15 is 0 Å². The van der Waals surface area contributed by atoms with Crippen molar-refractivity contribution in [1.29, 1.82) is 0 Å². The highest BCUT2D eigenvalue weighted by atomic mass is 32.1. The largest absolute Gasteiger partial charge is 0.310 e. The van der Waals surface area contributed by atoms with Crippen LogP contribution in [0.4, 0.5) is 17.1 Å². The molecule has 0 amide bonds. The maximum absolute atomic E-state index is 2.45. The van der Waals surface area contributed by atoms with Crippen LogP contribution in [0.15, 0.2) is 249 Å². The minimum atomic E-state index is 1.09. The van der Waals surface area contributed by atoms with Gasteiger partial charge >= 0.3 is 0 Å². The summed E-state index contributed by atoms with van der Waals surface area (Å²) < 4.78 is 6.13. The summed E-state index contributed by atoms with van der Waals surface area (Å²) in [6.45, 7) is 0. The van der Waals surface area contributed by atoms with Gasteiger partial charge in [-0.05, 0) is 128 Å². The van der Waals surface area contributed by atoms with Gasteiger partial charge in [0.2, 0.25) is 0 Å². The number of nitrogens with zero attached hydrogens (tertiary/aromatic N) is 3. The van der Waals surface area contributed by atoms with Crippen LogP contribution in [0, 0.1) is 0 Å². The predicted octanol–water partition coefficient (Wildman–Crippen LogP) is 18.2. The summed E-state index contributed by atoms with van der Waals surface area (Å²) in [6.07, 6.45) is 0. The van der Waals surface area contributed by atoms with Gasteiger partial charge in [-0.3, -0.25) is 4.40 Å². The SMILES string of the molecule is c1ccc(-c2ccc(N(c3cccc(-n4c5ccccc5c5ccccc54)c3)c3ccc4c(ccc5cc(-c6ccc7c(c6)sc6c(-c8ccccc8)c8ccccc8n67)ccc54)c3)cc2)cc1. The van der Waals surface area contributed by atoms with E-state index in [1.807, 2.05) is 11.3 Å². The van der Waals surface area contributed by atoms with Crippen LogP contribution in [-0.4, -0.2) is 8.97 Å². The molecule has 0 fully saturated rings.